The first-order valence-electron chi connectivity index (χ1n) is 8.87. The van der Waals surface area contributed by atoms with Crippen LogP contribution in [0.15, 0.2) is 24.3 Å². The van der Waals surface area contributed by atoms with Crippen molar-refractivity contribution in [3.05, 3.63) is 29.8 Å². The fraction of sp³-hybridized carbons (Fsp3) is 0.579. The van der Waals surface area contributed by atoms with Crippen molar-refractivity contribution in [2.75, 3.05) is 13.2 Å². The smallest absolute Gasteiger partial charge is 0.303 e. The first-order chi connectivity index (χ1) is 11.6. The van der Waals surface area contributed by atoms with Crippen molar-refractivity contribution in [2.45, 2.75) is 57.9 Å². The van der Waals surface area contributed by atoms with Gasteiger partial charge in [0.25, 0.3) is 5.91 Å². The van der Waals surface area contributed by atoms with E-state index in [2.05, 4.69) is 6.92 Å². The molecule has 1 atom stereocenters. The standard InChI is InChI=1S/C19H27NO4/c1-2-3-14-24-17-10-7-15(8-11-17)19(23)20-13-5-4-6-16(20)9-12-18(21)22/h7-8,10-11,16H,2-6,9,12-14H2,1H3,(H,21,22). The Labute approximate surface area is 143 Å². The summed E-state index contributed by atoms with van der Waals surface area (Å²) < 4.78 is 5.62. The minimum atomic E-state index is -0.804. The van der Waals surface area contributed by atoms with Crippen LogP contribution in [0.4, 0.5) is 0 Å². The maximum atomic E-state index is 12.8. The summed E-state index contributed by atoms with van der Waals surface area (Å²) in [4.78, 5) is 25.4. The molecule has 0 aromatic heterocycles. The zero-order valence-electron chi connectivity index (χ0n) is 14.4. The number of carbonyl (C=O) groups excluding carboxylic acids is 1. The second-order valence-corrected chi connectivity index (χ2v) is 6.31. The number of carboxylic acids is 1. The lowest BCUT2D eigenvalue weighted by Gasteiger charge is -2.35. The van der Waals surface area contributed by atoms with Crippen molar-refractivity contribution in [2.24, 2.45) is 0 Å². The highest BCUT2D eigenvalue weighted by Crippen LogP contribution is 2.24. The van der Waals surface area contributed by atoms with Crippen LogP contribution in [0.1, 0.15) is 62.2 Å². The number of hydrogen-bond acceptors (Lipinski definition) is 3. The Morgan fingerprint density at radius 1 is 1.25 bits per heavy atom. The molecule has 0 spiro atoms. The number of nitrogens with zero attached hydrogens (tertiary/aromatic N) is 1. The maximum absolute atomic E-state index is 12.8. The molecule has 1 amide bonds. The number of carboxylic acid groups (broad SMARTS) is 1. The number of piperidine rings is 1. The second-order valence-electron chi connectivity index (χ2n) is 6.31. The van der Waals surface area contributed by atoms with Gasteiger partial charge in [-0.1, -0.05) is 13.3 Å². The van der Waals surface area contributed by atoms with Crippen molar-refractivity contribution in [1.29, 1.82) is 0 Å². The number of hydrogen-bond donors (Lipinski definition) is 1. The lowest BCUT2D eigenvalue weighted by Crippen LogP contribution is -2.43. The minimum Gasteiger partial charge on any atom is -0.494 e. The van der Waals surface area contributed by atoms with Crippen molar-refractivity contribution in [3.63, 3.8) is 0 Å². The Morgan fingerprint density at radius 2 is 2.00 bits per heavy atom. The fourth-order valence-corrected chi connectivity index (χ4v) is 3.05. The molecule has 0 radical (unpaired) electrons. The monoisotopic (exact) mass is 333 g/mol. The Hall–Kier alpha value is -2.04. The zero-order valence-corrected chi connectivity index (χ0v) is 14.4. The highest BCUT2D eigenvalue weighted by atomic mass is 16.5. The molecule has 24 heavy (non-hydrogen) atoms. The molecule has 1 unspecified atom stereocenters. The molecule has 1 heterocycles. The molecule has 0 aliphatic carbocycles. The number of likely N-dealkylation sites (tertiary alicyclic amines) is 1. The van der Waals surface area contributed by atoms with E-state index in [1.54, 1.807) is 12.1 Å². The molecule has 5 nitrogen and oxygen atoms in total. The molecule has 1 aromatic carbocycles. The van der Waals surface area contributed by atoms with Gasteiger partial charge in [-0.3, -0.25) is 9.59 Å². The first kappa shape index (κ1) is 18.3. The minimum absolute atomic E-state index is 0.00908. The molecule has 0 bridgehead atoms. The van der Waals surface area contributed by atoms with Crippen molar-refractivity contribution in [3.8, 4) is 5.75 Å². The Kier molecular flexibility index (Phi) is 7.09. The van der Waals surface area contributed by atoms with Crippen LogP contribution < -0.4 is 4.74 Å². The van der Waals surface area contributed by atoms with Crippen LogP contribution >= 0.6 is 0 Å². The van der Waals surface area contributed by atoms with E-state index in [1.807, 2.05) is 17.0 Å². The van der Waals surface area contributed by atoms with Crippen molar-refractivity contribution in [1.82, 2.24) is 4.90 Å². The van der Waals surface area contributed by atoms with E-state index in [-0.39, 0.29) is 18.4 Å². The van der Waals surface area contributed by atoms with Gasteiger partial charge in [0.05, 0.1) is 6.61 Å². The van der Waals surface area contributed by atoms with Gasteiger partial charge < -0.3 is 14.7 Å². The normalized spacial score (nSPS) is 17.5. The van der Waals surface area contributed by atoms with Gasteiger partial charge in [0, 0.05) is 24.6 Å². The molecule has 1 aliphatic rings. The summed E-state index contributed by atoms with van der Waals surface area (Å²) in [6.07, 6.45) is 5.66. The third kappa shape index (κ3) is 5.25. The van der Waals surface area contributed by atoms with Gasteiger partial charge in [0.2, 0.25) is 0 Å². The lowest BCUT2D eigenvalue weighted by molar-refractivity contribution is -0.137. The Bertz CT molecular complexity index is 541. The molecule has 1 aromatic rings. The molecule has 1 aliphatic heterocycles. The Morgan fingerprint density at radius 3 is 2.67 bits per heavy atom. The summed E-state index contributed by atoms with van der Waals surface area (Å²) in [5.74, 6) is -0.0344. The SMILES string of the molecule is CCCCOc1ccc(C(=O)N2CCCCC2CCC(=O)O)cc1. The molecule has 1 saturated heterocycles. The lowest BCUT2D eigenvalue weighted by atomic mass is 9.97. The van der Waals surface area contributed by atoms with Gasteiger partial charge in [-0.15, -0.1) is 0 Å². The van der Waals surface area contributed by atoms with Gasteiger partial charge in [0.1, 0.15) is 5.75 Å². The fourth-order valence-electron chi connectivity index (χ4n) is 3.05. The average Bonchev–Trinajstić information content (AvgIpc) is 2.60. The van der Waals surface area contributed by atoms with Crippen LogP contribution in [0.25, 0.3) is 0 Å². The van der Waals surface area contributed by atoms with Crippen molar-refractivity contribution >= 4 is 11.9 Å². The van der Waals surface area contributed by atoms with Crippen LogP contribution in [-0.4, -0.2) is 41.1 Å². The number of benzene rings is 1. The molecule has 1 N–H and O–H groups in total. The molecular weight excluding hydrogens is 306 g/mol. The molecule has 5 heteroatoms. The number of ether oxygens (including phenoxy) is 1. The predicted octanol–water partition coefficient (Wildman–Crippen LogP) is 3.73. The Balaban J connectivity index is 1.98. The number of carbonyl (C=O) groups is 2. The summed E-state index contributed by atoms with van der Waals surface area (Å²) in [5.41, 5.74) is 0.639. The number of unbranched alkanes of at least 4 members (excludes halogenated alkanes) is 1. The second kappa shape index (κ2) is 9.30. The molecular formula is C19H27NO4. The molecule has 0 saturated carbocycles. The van der Waals surface area contributed by atoms with Crippen LogP contribution in [0.5, 0.6) is 5.75 Å². The van der Waals surface area contributed by atoms with E-state index in [1.165, 1.54) is 0 Å². The zero-order chi connectivity index (χ0) is 17.4. The van der Waals surface area contributed by atoms with Gasteiger partial charge in [0.15, 0.2) is 0 Å². The van der Waals surface area contributed by atoms with E-state index in [0.29, 0.717) is 25.1 Å². The number of aliphatic carboxylic acids is 1. The van der Waals surface area contributed by atoms with E-state index < -0.39 is 5.97 Å². The van der Waals surface area contributed by atoms with Crippen LogP contribution in [0.2, 0.25) is 0 Å². The average molecular weight is 333 g/mol. The van der Waals surface area contributed by atoms with Crippen LogP contribution in [0.3, 0.4) is 0 Å². The highest BCUT2D eigenvalue weighted by Gasteiger charge is 2.27. The highest BCUT2D eigenvalue weighted by molar-refractivity contribution is 5.94. The largest absolute Gasteiger partial charge is 0.494 e. The molecule has 132 valence electrons. The maximum Gasteiger partial charge on any atom is 0.303 e. The molecule has 2 rings (SSSR count). The van der Waals surface area contributed by atoms with Crippen LogP contribution in [0, 0.1) is 0 Å². The van der Waals surface area contributed by atoms with Crippen LogP contribution in [-0.2, 0) is 4.79 Å². The first-order valence-corrected chi connectivity index (χ1v) is 8.87. The summed E-state index contributed by atoms with van der Waals surface area (Å²) >= 11 is 0. The predicted molar refractivity (Wildman–Crippen MR) is 92.4 cm³/mol. The summed E-state index contributed by atoms with van der Waals surface area (Å²) in [7, 11) is 0. The van der Waals surface area contributed by atoms with E-state index >= 15 is 0 Å². The molecule has 1 fully saturated rings. The van der Waals surface area contributed by atoms with E-state index in [0.717, 1.165) is 37.9 Å². The third-order valence-electron chi connectivity index (χ3n) is 4.45. The quantitative estimate of drug-likeness (QED) is 0.736. The number of amides is 1. The van der Waals surface area contributed by atoms with Gasteiger partial charge in [-0.25, -0.2) is 0 Å². The number of rotatable bonds is 8. The summed E-state index contributed by atoms with van der Waals surface area (Å²) in [6, 6.07) is 7.29. The summed E-state index contributed by atoms with van der Waals surface area (Å²) in [5, 5.41) is 8.89. The van der Waals surface area contributed by atoms with Gasteiger partial charge in [-0.05, 0) is 56.4 Å². The van der Waals surface area contributed by atoms with Gasteiger partial charge >= 0.3 is 5.97 Å². The van der Waals surface area contributed by atoms with E-state index in [4.69, 9.17) is 9.84 Å². The van der Waals surface area contributed by atoms with Crippen molar-refractivity contribution < 1.29 is 19.4 Å². The summed E-state index contributed by atoms with van der Waals surface area (Å²) in [6.45, 7) is 3.51. The topological polar surface area (TPSA) is 66.8 Å². The third-order valence-corrected chi connectivity index (χ3v) is 4.45. The van der Waals surface area contributed by atoms with E-state index in [9.17, 15) is 9.59 Å². The van der Waals surface area contributed by atoms with Gasteiger partial charge in [-0.2, -0.15) is 0 Å².